The molecule has 1 aromatic rings. The second kappa shape index (κ2) is 5.42. The predicted octanol–water partition coefficient (Wildman–Crippen LogP) is 2.21. The molecule has 0 unspecified atom stereocenters. The predicted molar refractivity (Wildman–Crippen MR) is 66.7 cm³/mol. The highest BCUT2D eigenvalue weighted by Gasteiger charge is 2.23. The van der Waals surface area contributed by atoms with Crippen molar-refractivity contribution in [2.75, 3.05) is 6.26 Å². The van der Waals surface area contributed by atoms with Gasteiger partial charge in [-0.05, 0) is 42.5 Å². The van der Waals surface area contributed by atoms with Crippen LogP contribution in [-0.2, 0) is 16.4 Å². The van der Waals surface area contributed by atoms with Crippen LogP contribution in [0, 0.1) is 0 Å². The molecule has 0 saturated carbocycles. The number of fused-ring (bicyclic) bond motifs is 1. The molecule has 1 aliphatic rings. The molecule has 106 valence electrons. The summed E-state index contributed by atoms with van der Waals surface area (Å²) < 4.78 is 53.8. The number of benzene rings is 1. The van der Waals surface area contributed by atoms with Gasteiger partial charge in [0, 0.05) is 6.04 Å². The number of rotatable bonds is 4. The normalized spacial score (nSPS) is 19.3. The average Bonchev–Trinajstić information content (AvgIpc) is 2.26. The molecule has 0 aromatic heterocycles. The van der Waals surface area contributed by atoms with E-state index in [1.165, 1.54) is 6.07 Å². The molecule has 0 spiro atoms. The van der Waals surface area contributed by atoms with Crippen LogP contribution in [0.25, 0.3) is 0 Å². The fraction of sp³-hybridized carbons (Fsp3) is 0.500. The summed E-state index contributed by atoms with van der Waals surface area (Å²) in [4.78, 5) is 0. The molecule has 0 saturated heterocycles. The van der Waals surface area contributed by atoms with Gasteiger partial charge in [0.1, 0.15) is 5.75 Å². The molecule has 1 N–H and O–H groups in total. The number of sulfonamides is 1. The summed E-state index contributed by atoms with van der Waals surface area (Å²) in [5, 5.41) is 0. The molecule has 0 fully saturated rings. The van der Waals surface area contributed by atoms with Crippen LogP contribution in [0.5, 0.6) is 5.75 Å². The number of hydrogen-bond acceptors (Lipinski definition) is 3. The molecule has 0 heterocycles. The van der Waals surface area contributed by atoms with E-state index in [1.54, 1.807) is 12.1 Å². The van der Waals surface area contributed by atoms with E-state index in [2.05, 4.69) is 9.46 Å². The van der Waals surface area contributed by atoms with Gasteiger partial charge in [-0.3, -0.25) is 0 Å². The minimum Gasteiger partial charge on any atom is -0.435 e. The van der Waals surface area contributed by atoms with Gasteiger partial charge < -0.3 is 4.74 Å². The van der Waals surface area contributed by atoms with Crippen LogP contribution in [0.4, 0.5) is 8.78 Å². The van der Waals surface area contributed by atoms with Gasteiger partial charge in [0.05, 0.1) is 6.26 Å². The summed E-state index contributed by atoms with van der Waals surface area (Å²) in [5.74, 6) is 0.105. The van der Waals surface area contributed by atoms with E-state index >= 15 is 0 Å². The third-order valence-corrected chi connectivity index (χ3v) is 3.72. The number of aryl methyl sites for hydroxylation is 1. The van der Waals surface area contributed by atoms with E-state index in [-0.39, 0.29) is 11.8 Å². The second-order valence-corrected chi connectivity index (χ2v) is 6.35. The first-order valence-electron chi connectivity index (χ1n) is 5.90. The molecule has 1 atom stereocenters. The van der Waals surface area contributed by atoms with Gasteiger partial charge in [-0.15, -0.1) is 0 Å². The van der Waals surface area contributed by atoms with Gasteiger partial charge in [0.2, 0.25) is 10.0 Å². The van der Waals surface area contributed by atoms with Crippen molar-refractivity contribution in [3.05, 3.63) is 29.3 Å². The first-order chi connectivity index (χ1) is 8.85. The lowest BCUT2D eigenvalue weighted by Gasteiger charge is -2.26. The zero-order valence-corrected chi connectivity index (χ0v) is 11.2. The maximum atomic E-state index is 12.1. The maximum Gasteiger partial charge on any atom is 0.387 e. The highest BCUT2D eigenvalue weighted by atomic mass is 32.2. The molecule has 0 bridgehead atoms. The molecule has 7 heteroatoms. The first-order valence-corrected chi connectivity index (χ1v) is 7.79. The Morgan fingerprint density at radius 1 is 1.42 bits per heavy atom. The van der Waals surface area contributed by atoms with Crippen molar-refractivity contribution in [2.45, 2.75) is 31.9 Å². The molecule has 2 rings (SSSR count). The Kier molecular flexibility index (Phi) is 4.05. The molecular formula is C12H15F2NO3S. The topological polar surface area (TPSA) is 55.4 Å². The zero-order valence-electron chi connectivity index (χ0n) is 10.4. The SMILES string of the molecule is CS(=O)(=O)N[C@H]1CCCc2cc(OC(F)F)ccc21. The Balaban J connectivity index is 2.25. The minimum atomic E-state index is -3.30. The van der Waals surface area contributed by atoms with Crippen LogP contribution in [0.1, 0.15) is 30.0 Å². The quantitative estimate of drug-likeness (QED) is 0.925. The summed E-state index contributed by atoms with van der Waals surface area (Å²) >= 11 is 0. The molecule has 0 radical (unpaired) electrons. The van der Waals surface area contributed by atoms with E-state index < -0.39 is 16.6 Å². The monoisotopic (exact) mass is 291 g/mol. The van der Waals surface area contributed by atoms with Crippen molar-refractivity contribution in [1.29, 1.82) is 0 Å². The summed E-state index contributed by atoms with van der Waals surface area (Å²) in [6, 6.07) is 4.35. The van der Waals surface area contributed by atoms with Crippen LogP contribution in [0.3, 0.4) is 0 Å². The van der Waals surface area contributed by atoms with Crippen LogP contribution in [0.2, 0.25) is 0 Å². The Morgan fingerprint density at radius 2 is 2.16 bits per heavy atom. The summed E-state index contributed by atoms with van der Waals surface area (Å²) in [7, 11) is -3.30. The third-order valence-electron chi connectivity index (χ3n) is 3.01. The number of ether oxygens (including phenoxy) is 1. The largest absolute Gasteiger partial charge is 0.435 e. The molecule has 4 nitrogen and oxygen atoms in total. The van der Waals surface area contributed by atoms with Gasteiger partial charge in [-0.1, -0.05) is 6.07 Å². The maximum absolute atomic E-state index is 12.1. The lowest BCUT2D eigenvalue weighted by molar-refractivity contribution is -0.0499. The van der Waals surface area contributed by atoms with Crippen molar-refractivity contribution in [2.24, 2.45) is 0 Å². The van der Waals surface area contributed by atoms with Gasteiger partial charge in [0.15, 0.2) is 0 Å². The van der Waals surface area contributed by atoms with Crippen LogP contribution in [-0.4, -0.2) is 21.3 Å². The second-order valence-electron chi connectivity index (χ2n) is 4.57. The minimum absolute atomic E-state index is 0.105. The lowest BCUT2D eigenvalue weighted by atomic mass is 9.88. The Bertz CT molecular complexity index is 560. The lowest BCUT2D eigenvalue weighted by Crippen LogP contribution is -2.30. The highest BCUT2D eigenvalue weighted by molar-refractivity contribution is 7.88. The van der Waals surface area contributed by atoms with E-state index in [0.29, 0.717) is 6.42 Å². The highest BCUT2D eigenvalue weighted by Crippen LogP contribution is 2.32. The number of halogens is 2. The third kappa shape index (κ3) is 3.87. The van der Waals surface area contributed by atoms with Gasteiger partial charge in [-0.2, -0.15) is 8.78 Å². The number of hydrogen-bond donors (Lipinski definition) is 1. The standard InChI is InChI=1S/C12H15F2NO3S/c1-19(16,17)15-11-4-2-3-8-7-9(18-12(13)14)5-6-10(8)11/h5-7,11-12,15H,2-4H2,1H3/t11-/m0/s1. The number of alkyl halides is 2. The Labute approximate surface area is 110 Å². The van der Waals surface area contributed by atoms with E-state index in [9.17, 15) is 17.2 Å². The van der Waals surface area contributed by atoms with Crippen molar-refractivity contribution in [3.63, 3.8) is 0 Å². The fourth-order valence-corrected chi connectivity index (χ4v) is 3.11. The molecule has 19 heavy (non-hydrogen) atoms. The van der Waals surface area contributed by atoms with Crippen molar-refractivity contribution in [3.8, 4) is 5.75 Å². The fourth-order valence-electron chi connectivity index (χ4n) is 2.35. The zero-order chi connectivity index (χ0) is 14.0. The van der Waals surface area contributed by atoms with Crippen molar-refractivity contribution >= 4 is 10.0 Å². The summed E-state index contributed by atoms with van der Waals surface area (Å²) in [6.07, 6.45) is 3.35. The van der Waals surface area contributed by atoms with Crippen LogP contribution < -0.4 is 9.46 Å². The molecule has 0 amide bonds. The smallest absolute Gasteiger partial charge is 0.387 e. The summed E-state index contributed by atoms with van der Waals surface area (Å²) in [6.45, 7) is -2.86. The Hall–Kier alpha value is -1.21. The van der Waals surface area contributed by atoms with Gasteiger partial charge in [0.25, 0.3) is 0 Å². The van der Waals surface area contributed by atoms with E-state index in [1.807, 2.05) is 0 Å². The molecule has 1 aliphatic carbocycles. The Morgan fingerprint density at radius 3 is 2.79 bits per heavy atom. The van der Waals surface area contributed by atoms with Crippen LogP contribution in [0.15, 0.2) is 18.2 Å². The molecule has 0 aliphatic heterocycles. The van der Waals surface area contributed by atoms with Gasteiger partial charge in [-0.25, -0.2) is 13.1 Å². The molecular weight excluding hydrogens is 276 g/mol. The first kappa shape index (κ1) is 14.2. The van der Waals surface area contributed by atoms with E-state index in [4.69, 9.17) is 0 Å². The average molecular weight is 291 g/mol. The summed E-state index contributed by atoms with van der Waals surface area (Å²) in [5.41, 5.74) is 1.68. The van der Waals surface area contributed by atoms with E-state index in [0.717, 1.165) is 30.2 Å². The van der Waals surface area contributed by atoms with Crippen molar-refractivity contribution in [1.82, 2.24) is 4.72 Å². The van der Waals surface area contributed by atoms with Crippen LogP contribution >= 0.6 is 0 Å². The number of nitrogens with one attached hydrogen (secondary N) is 1. The van der Waals surface area contributed by atoms with Gasteiger partial charge >= 0.3 is 6.61 Å². The van der Waals surface area contributed by atoms with Crippen molar-refractivity contribution < 1.29 is 21.9 Å². The molecule has 1 aromatic carbocycles.